The third-order valence-corrected chi connectivity index (χ3v) is 6.87. The zero-order chi connectivity index (χ0) is 27.0. The van der Waals surface area contributed by atoms with Gasteiger partial charge in [0, 0.05) is 24.3 Å². The number of halogens is 1. The molecule has 38 heavy (non-hydrogen) atoms. The van der Waals surface area contributed by atoms with Crippen molar-refractivity contribution in [3.05, 3.63) is 35.8 Å². The van der Waals surface area contributed by atoms with Crippen molar-refractivity contribution in [1.29, 1.82) is 0 Å². The highest BCUT2D eigenvalue weighted by atomic mass is 19.1. The topological polar surface area (TPSA) is 150 Å². The van der Waals surface area contributed by atoms with E-state index in [1.54, 1.807) is 25.1 Å². The number of nitrogens with one attached hydrogen (secondary N) is 2. The molecule has 4 N–H and O–H groups in total. The molecule has 12 heteroatoms. The number of ether oxygens (including phenoxy) is 2. The highest BCUT2D eigenvalue weighted by Gasteiger charge is 2.37. The third-order valence-electron chi connectivity index (χ3n) is 6.87. The number of β-amino-alcohol motifs (C(OH)–C–C–N with tert-alkyl or cyclic N) is 1. The number of H-pyrrole nitrogens is 1. The molecule has 1 saturated heterocycles. The van der Waals surface area contributed by atoms with E-state index in [1.807, 2.05) is 0 Å². The molecule has 5 rings (SSSR count). The Bertz CT molecular complexity index is 1360. The summed E-state index contributed by atoms with van der Waals surface area (Å²) >= 11 is 0. The number of carbonyl (C=O) groups is 2. The van der Waals surface area contributed by atoms with E-state index in [1.165, 1.54) is 18.2 Å². The van der Waals surface area contributed by atoms with E-state index in [0.29, 0.717) is 52.0 Å². The lowest BCUT2D eigenvalue weighted by Crippen LogP contribution is -2.43. The van der Waals surface area contributed by atoms with Gasteiger partial charge in [0.15, 0.2) is 0 Å². The molecule has 1 aromatic carbocycles. The maximum Gasteiger partial charge on any atom is 0.255 e. The van der Waals surface area contributed by atoms with Crippen LogP contribution in [0.3, 0.4) is 0 Å². The number of hydrogen-bond donors (Lipinski definition) is 4. The van der Waals surface area contributed by atoms with Crippen molar-refractivity contribution in [2.45, 2.75) is 44.9 Å². The van der Waals surface area contributed by atoms with Crippen LogP contribution in [0.25, 0.3) is 22.3 Å². The van der Waals surface area contributed by atoms with Gasteiger partial charge < -0.3 is 34.9 Å². The fourth-order valence-corrected chi connectivity index (χ4v) is 4.68. The maximum absolute atomic E-state index is 13.3. The summed E-state index contributed by atoms with van der Waals surface area (Å²) in [7, 11) is 0. The number of aromatic amines is 1. The lowest BCUT2D eigenvalue weighted by Gasteiger charge is -2.18. The van der Waals surface area contributed by atoms with Gasteiger partial charge in [-0.2, -0.15) is 0 Å². The predicted octanol–water partition coefficient (Wildman–Crippen LogP) is 1.71. The van der Waals surface area contributed by atoms with Crippen LogP contribution in [0, 0.1) is 12.8 Å². The molecule has 0 bridgehead atoms. The fraction of sp³-hybridized carbons (Fsp3) is 0.462. The highest BCUT2D eigenvalue weighted by Crippen LogP contribution is 2.38. The van der Waals surface area contributed by atoms with Crippen molar-refractivity contribution in [2.24, 2.45) is 5.92 Å². The molecule has 2 amide bonds. The second-order valence-electron chi connectivity index (χ2n) is 9.80. The zero-order valence-electron chi connectivity index (χ0n) is 21.1. The van der Waals surface area contributed by atoms with E-state index in [9.17, 15) is 24.2 Å². The molecular formula is C26H30FN5O6. The molecule has 3 atom stereocenters. The Morgan fingerprint density at radius 3 is 2.76 bits per heavy atom. The smallest absolute Gasteiger partial charge is 0.255 e. The quantitative estimate of drug-likeness (QED) is 0.329. The molecule has 1 aliphatic heterocycles. The minimum atomic E-state index is -1.20. The minimum absolute atomic E-state index is 0.00872. The van der Waals surface area contributed by atoms with Gasteiger partial charge in [-0.25, -0.2) is 14.4 Å². The Balaban J connectivity index is 1.46. The monoisotopic (exact) mass is 527 g/mol. The lowest BCUT2D eigenvalue weighted by molar-refractivity contribution is -0.138. The second kappa shape index (κ2) is 10.5. The van der Waals surface area contributed by atoms with Crippen molar-refractivity contribution in [2.75, 3.05) is 26.6 Å². The average molecular weight is 528 g/mol. The molecule has 3 heterocycles. The zero-order valence-corrected chi connectivity index (χ0v) is 21.1. The first-order valence-electron chi connectivity index (χ1n) is 12.5. The van der Waals surface area contributed by atoms with E-state index in [-0.39, 0.29) is 18.7 Å². The predicted molar refractivity (Wildman–Crippen MR) is 134 cm³/mol. The summed E-state index contributed by atoms with van der Waals surface area (Å²) in [6.45, 7) is 2.73. The summed E-state index contributed by atoms with van der Waals surface area (Å²) in [6, 6.07) is 4.26. The number of aromatic nitrogens is 3. The minimum Gasteiger partial charge on any atom is -0.493 e. The van der Waals surface area contributed by atoms with E-state index in [0.717, 1.165) is 12.8 Å². The van der Waals surface area contributed by atoms with E-state index < -0.39 is 36.9 Å². The van der Waals surface area contributed by atoms with Gasteiger partial charge >= 0.3 is 0 Å². The molecule has 0 radical (unpaired) electrons. The van der Waals surface area contributed by atoms with Gasteiger partial charge in [0.25, 0.3) is 11.8 Å². The Kier molecular flexibility index (Phi) is 7.17. The standard InChI is InChI=1S/C26H30FN5O6/c1-13-21(25(35)31-18-8-32(9-19(18)34)26(36)14(2)33)23-24(30-13)22(28-12-29-23)17-7-16(38-11-27)5-6-20(17)37-10-15-3-4-15/h5-7,12,14-15,18-19,30,33-34H,3-4,8-11H2,1-2H3,(H,31,35)/t14-,18+,19+/m0/s1. The number of benzene rings is 1. The molecule has 0 unspecified atom stereocenters. The van der Waals surface area contributed by atoms with Gasteiger partial charge in [0.1, 0.15) is 35.1 Å². The highest BCUT2D eigenvalue weighted by molar-refractivity contribution is 6.09. The van der Waals surface area contributed by atoms with Crippen LogP contribution in [0.1, 0.15) is 35.8 Å². The Morgan fingerprint density at radius 1 is 1.26 bits per heavy atom. The van der Waals surface area contributed by atoms with Crippen molar-refractivity contribution in [1.82, 2.24) is 25.2 Å². The van der Waals surface area contributed by atoms with Crippen molar-refractivity contribution in [3.8, 4) is 22.8 Å². The van der Waals surface area contributed by atoms with E-state index >= 15 is 0 Å². The molecule has 3 aromatic rings. The van der Waals surface area contributed by atoms with Crippen LogP contribution in [-0.4, -0.2) is 86.7 Å². The number of hydrogen-bond acceptors (Lipinski definition) is 8. The lowest BCUT2D eigenvalue weighted by atomic mass is 10.1. The molecule has 202 valence electrons. The first-order valence-corrected chi connectivity index (χ1v) is 12.5. The van der Waals surface area contributed by atoms with Gasteiger partial charge in [-0.15, -0.1) is 0 Å². The number of rotatable bonds is 9. The van der Waals surface area contributed by atoms with Gasteiger partial charge in [-0.05, 0) is 50.8 Å². The first-order chi connectivity index (χ1) is 18.3. The van der Waals surface area contributed by atoms with E-state index in [2.05, 4.69) is 20.3 Å². The molecule has 11 nitrogen and oxygen atoms in total. The number of nitrogens with zero attached hydrogens (tertiary/aromatic N) is 3. The number of aryl methyl sites for hydroxylation is 1. The third kappa shape index (κ3) is 5.14. The Morgan fingerprint density at radius 2 is 2.05 bits per heavy atom. The number of aliphatic hydroxyl groups excluding tert-OH is 2. The Hall–Kier alpha value is -3.77. The van der Waals surface area contributed by atoms with Gasteiger partial charge in [0.05, 0.1) is 29.8 Å². The molecule has 2 aromatic heterocycles. The molecular weight excluding hydrogens is 497 g/mol. The van der Waals surface area contributed by atoms with Crippen molar-refractivity contribution >= 4 is 22.8 Å². The molecule has 2 fully saturated rings. The van der Waals surface area contributed by atoms with Crippen molar-refractivity contribution in [3.63, 3.8) is 0 Å². The molecule has 1 saturated carbocycles. The molecule has 0 spiro atoms. The van der Waals surface area contributed by atoms with Crippen LogP contribution in [-0.2, 0) is 4.79 Å². The van der Waals surface area contributed by atoms with Crippen molar-refractivity contribution < 1.29 is 33.7 Å². The summed E-state index contributed by atoms with van der Waals surface area (Å²) in [6.07, 6.45) is 1.38. The summed E-state index contributed by atoms with van der Waals surface area (Å²) in [4.78, 5) is 38.8. The summed E-state index contributed by atoms with van der Waals surface area (Å²) in [5.41, 5.74) is 2.67. The van der Waals surface area contributed by atoms with Crippen LogP contribution >= 0.6 is 0 Å². The largest absolute Gasteiger partial charge is 0.493 e. The average Bonchev–Trinajstić information content (AvgIpc) is 3.56. The van der Waals surface area contributed by atoms with Crippen LogP contribution in [0.5, 0.6) is 11.5 Å². The number of alkyl halides is 1. The van der Waals surface area contributed by atoms with Crippen LogP contribution in [0.4, 0.5) is 4.39 Å². The summed E-state index contributed by atoms with van der Waals surface area (Å²) in [5.74, 6) is 0.378. The fourth-order valence-electron chi connectivity index (χ4n) is 4.68. The van der Waals surface area contributed by atoms with E-state index in [4.69, 9.17) is 9.47 Å². The first kappa shape index (κ1) is 25.9. The van der Waals surface area contributed by atoms with Gasteiger partial charge in [-0.3, -0.25) is 9.59 Å². The summed E-state index contributed by atoms with van der Waals surface area (Å²) in [5, 5.41) is 22.8. The molecule has 2 aliphatic rings. The van der Waals surface area contributed by atoms with Gasteiger partial charge in [-0.1, -0.05) is 0 Å². The number of fused-ring (bicyclic) bond motifs is 1. The number of aliphatic hydroxyl groups is 2. The van der Waals surface area contributed by atoms with Crippen LogP contribution < -0.4 is 14.8 Å². The maximum atomic E-state index is 13.3. The number of amides is 2. The van der Waals surface area contributed by atoms with Crippen LogP contribution in [0.15, 0.2) is 24.5 Å². The Labute approximate surface area is 218 Å². The summed E-state index contributed by atoms with van der Waals surface area (Å²) < 4.78 is 24.0. The number of carbonyl (C=O) groups excluding carboxylic acids is 2. The van der Waals surface area contributed by atoms with Crippen LogP contribution in [0.2, 0.25) is 0 Å². The number of likely N-dealkylation sites (tertiary alicyclic amines) is 1. The van der Waals surface area contributed by atoms with Gasteiger partial charge in [0.2, 0.25) is 6.86 Å². The SMILES string of the molecule is Cc1[nH]c2c(-c3cc(OCF)ccc3OCC3CC3)ncnc2c1C(=O)N[C@@H]1CN(C(=O)[C@H](C)O)C[C@H]1O. The second-order valence-corrected chi connectivity index (χ2v) is 9.80. The normalized spacial score (nSPS) is 20.0. The molecule has 1 aliphatic carbocycles.